The fraction of sp³-hybridized carbons (Fsp3) is 0.500. The smallest absolute Gasteiger partial charge is 0.343 e. The van der Waals surface area contributed by atoms with Crippen LogP contribution in [0.4, 0.5) is 35.5 Å². The van der Waals surface area contributed by atoms with Crippen LogP contribution in [0.1, 0.15) is 46.7 Å². The number of hydrogen-bond donors (Lipinski definition) is 0. The summed E-state index contributed by atoms with van der Waals surface area (Å²) in [5, 5.41) is 0. The van der Waals surface area contributed by atoms with E-state index in [0.29, 0.717) is 49.2 Å². The third-order valence-electron chi connectivity index (χ3n) is 7.81. The van der Waals surface area contributed by atoms with Crippen molar-refractivity contribution < 1.29 is 40.3 Å². The number of nitrogens with zero attached hydrogens (tertiary/aromatic N) is 4. The highest BCUT2D eigenvalue weighted by molar-refractivity contribution is 5.85. The Morgan fingerprint density at radius 2 is 1.60 bits per heavy atom. The van der Waals surface area contributed by atoms with Crippen molar-refractivity contribution in [1.29, 1.82) is 0 Å². The molecule has 2 saturated heterocycles. The molecule has 4 rings (SSSR count). The summed E-state index contributed by atoms with van der Waals surface area (Å²) in [6.45, 7) is 2.86. The van der Waals surface area contributed by atoms with Crippen molar-refractivity contribution in [3.63, 3.8) is 0 Å². The van der Waals surface area contributed by atoms with Gasteiger partial charge in [0.1, 0.15) is 5.82 Å². The topological polar surface area (TPSA) is 47.1 Å². The fourth-order valence-corrected chi connectivity index (χ4v) is 5.57. The van der Waals surface area contributed by atoms with Crippen molar-refractivity contribution in [2.45, 2.75) is 50.7 Å². The highest BCUT2D eigenvalue weighted by Gasteiger charge is 2.40. The predicted octanol–water partition coefficient (Wildman–Crippen LogP) is 6.13. The summed E-state index contributed by atoms with van der Waals surface area (Å²) in [6.07, 6.45) is -9.08. The number of alkyl halides is 6. The molecule has 42 heavy (non-hydrogen) atoms. The number of hydrogen-bond acceptors (Lipinski definition) is 3. The number of carbonyl (C=O) groups excluding carboxylic acids is 2. The van der Waals surface area contributed by atoms with Gasteiger partial charge in [-0.25, -0.2) is 9.18 Å². The van der Waals surface area contributed by atoms with E-state index in [1.165, 1.54) is 24.1 Å². The first-order chi connectivity index (χ1) is 19.0. The van der Waals surface area contributed by atoms with Crippen LogP contribution in [-0.4, -0.2) is 77.9 Å². The third-order valence-corrected chi connectivity index (χ3v) is 7.81. The van der Waals surface area contributed by atoms with Gasteiger partial charge in [0.25, 0.3) is 0 Å². The molecule has 2 aliphatic rings. The zero-order valence-electron chi connectivity index (χ0n) is 23.2. The van der Waals surface area contributed by atoms with Gasteiger partial charge in [0.2, 0.25) is 5.91 Å². The molecule has 3 amide bonds. The zero-order chi connectivity index (χ0) is 30.3. The van der Waals surface area contributed by atoms with E-state index in [2.05, 4.69) is 4.90 Å². The maximum Gasteiger partial charge on any atom is 0.416 e. The molecular formula is C28H32ClF7N4O2. The molecule has 14 heteroatoms. The lowest BCUT2D eigenvalue weighted by Crippen LogP contribution is -2.56. The van der Waals surface area contributed by atoms with Crippen LogP contribution in [-0.2, 0) is 23.7 Å². The van der Waals surface area contributed by atoms with Crippen LogP contribution in [0.3, 0.4) is 0 Å². The standard InChI is InChI=1S/C28H31F7N4O2.ClH/c1-17-10-21(29)4-5-23(17)24-14-22(38-9-8-36(2)25(40)16-38)6-7-39(24)26(41)37(3)15-18-11-19(27(30,31)32)13-20(12-18)28(33,34)35;/h4-5,10-13,22,24H,6-9,14-16H2,1-3H3;1H/t22-,24+;/m0./s1. The number of amides is 3. The molecule has 2 aromatic rings. The second-order valence-corrected chi connectivity index (χ2v) is 10.7. The van der Waals surface area contributed by atoms with E-state index in [-0.39, 0.29) is 49.1 Å². The number of likely N-dealkylation sites (tertiary alicyclic amines) is 1. The Labute approximate surface area is 245 Å². The van der Waals surface area contributed by atoms with Gasteiger partial charge in [-0.05, 0) is 66.8 Å². The first-order valence-electron chi connectivity index (χ1n) is 13.1. The van der Waals surface area contributed by atoms with Gasteiger partial charge >= 0.3 is 18.4 Å². The molecule has 232 valence electrons. The number of rotatable bonds is 4. The summed E-state index contributed by atoms with van der Waals surface area (Å²) < 4.78 is 94.0. The fourth-order valence-electron chi connectivity index (χ4n) is 5.57. The molecule has 0 aromatic heterocycles. The summed E-state index contributed by atoms with van der Waals surface area (Å²) in [6, 6.07) is 4.26. The Kier molecular flexibility index (Phi) is 10.1. The number of piperazine rings is 1. The summed E-state index contributed by atoms with van der Waals surface area (Å²) in [5.41, 5.74) is -1.95. The van der Waals surface area contributed by atoms with E-state index in [1.54, 1.807) is 24.9 Å². The Bertz CT molecular complexity index is 1270. The number of likely N-dealkylation sites (N-methyl/N-ethyl adjacent to an activating group) is 1. The second kappa shape index (κ2) is 12.7. The van der Waals surface area contributed by atoms with Crippen molar-refractivity contribution >= 4 is 24.3 Å². The van der Waals surface area contributed by atoms with Gasteiger partial charge in [-0.1, -0.05) is 6.07 Å². The monoisotopic (exact) mass is 624 g/mol. The molecular weight excluding hydrogens is 593 g/mol. The number of benzene rings is 2. The SMILES string of the molecule is Cc1cc(F)ccc1[C@H]1C[C@@H](N2CCN(C)C(=O)C2)CCN1C(=O)N(C)Cc1cc(C(F)(F)F)cc(C(F)(F)F)c1.Cl. The lowest BCUT2D eigenvalue weighted by atomic mass is 9.88. The first kappa shape index (κ1) is 33.4. The molecule has 2 aliphatic heterocycles. The van der Waals surface area contributed by atoms with Crippen LogP contribution in [0.2, 0.25) is 0 Å². The molecule has 6 nitrogen and oxygen atoms in total. The summed E-state index contributed by atoms with van der Waals surface area (Å²) >= 11 is 0. The van der Waals surface area contributed by atoms with Crippen molar-refractivity contribution in [3.8, 4) is 0 Å². The Morgan fingerprint density at radius 1 is 0.976 bits per heavy atom. The first-order valence-corrected chi connectivity index (χ1v) is 13.1. The number of carbonyl (C=O) groups is 2. The third kappa shape index (κ3) is 7.47. The van der Waals surface area contributed by atoms with Crippen LogP contribution < -0.4 is 0 Å². The van der Waals surface area contributed by atoms with Gasteiger partial charge in [-0.15, -0.1) is 12.4 Å². The summed E-state index contributed by atoms with van der Waals surface area (Å²) in [4.78, 5) is 32.3. The maximum absolute atomic E-state index is 13.9. The van der Waals surface area contributed by atoms with E-state index in [4.69, 9.17) is 0 Å². The van der Waals surface area contributed by atoms with Crippen LogP contribution >= 0.6 is 12.4 Å². The number of halogens is 8. The average Bonchev–Trinajstić information content (AvgIpc) is 2.88. The molecule has 2 atom stereocenters. The van der Waals surface area contributed by atoms with E-state index in [0.717, 1.165) is 4.90 Å². The van der Waals surface area contributed by atoms with Crippen LogP contribution in [0.5, 0.6) is 0 Å². The predicted molar refractivity (Wildman–Crippen MR) is 143 cm³/mol. The van der Waals surface area contributed by atoms with E-state index >= 15 is 0 Å². The Hall–Kier alpha value is -3.06. The largest absolute Gasteiger partial charge is 0.416 e. The van der Waals surface area contributed by atoms with Gasteiger partial charge in [-0.3, -0.25) is 9.69 Å². The van der Waals surface area contributed by atoms with Crippen molar-refractivity contribution in [2.75, 3.05) is 40.3 Å². The highest BCUT2D eigenvalue weighted by Crippen LogP contribution is 2.38. The second-order valence-electron chi connectivity index (χ2n) is 10.7. The minimum absolute atomic E-state index is 0. The minimum Gasteiger partial charge on any atom is -0.343 e. The molecule has 2 heterocycles. The van der Waals surface area contributed by atoms with E-state index in [9.17, 15) is 40.3 Å². The maximum atomic E-state index is 13.9. The van der Waals surface area contributed by atoms with Crippen molar-refractivity contribution in [3.05, 3.63) is 70.0 Å². The number of urea groups is 1. The van der Waals surface area contributed by atoms with Gasteiger partial charge in [0.05, 0.1) is 23.7 Å². The molecule has 2 aromatic carbocycles. The van der Waals surface area contributed by atoms with Gasteiger partial charge in [0, 0.05) is 46.3 Å². The summed E-state index contributed by atoms with van der Waals surface area (Å²) in [7, 11) is 3.04. The Morgan fingerprint density at radius 3 is 2.14 bits per heavy atom. The molecule has 0 N–H and O–H groups in total. The van der Waals surface area contributed by atoms with Crippen LogP contribution in [0.25, 0.3) is 0 Å². The molecule has 0 saturated carbocycles. The Balaban J connectivity index is 0.00000484. The van der Waals surface area contributed by atoms with Crippen LogP contribution in [0, 0.1) is 12.7 Å². The normalized spacial score (nSPS) is 20.4. The van der Waals surface area contributed by atoms with Crippen molar-refractivity contribution in [2.24, 2.45) is 0 Å². The van der Waals surface area contributed by atoms with Crippen molar-refractivity contribution in [1.82, 2.24) is 19.6 Å². The van der Waals surface area contributed by atoms with Gasteiger partial charge in [-0.2, -0.15) is 26.3 Å². The lowest BCUT2D eigenvalue weighted by molar-refractivity contribution is -0.143. The molecule has 0 aliphatic carbocycles. The van der Waals surface area contributed by atoms with Gasteiger partial charge < -0.3 is 14.7 Å². The molecule has 0 spiro atoms. The molecule has 2 fully saturated rings. The average molecular weight is 625 g/mol. The molecule has 0 bridgehead atoms. The van der Waals surface area contributed by atoms with E-state index in [1.807, 2.05) is 0 Å². The molecule has 0 radical (unpaired) electrons. The van der Waals surface area contributed by atoms with Crippen LogP contribution in [0.15, 0.2) is 36.4 Å². The van der Waals surface area contributed by atoms with Gasteiger partial charge in [0.15, 0.2) is 0 Å². The number of aryl methyl sites for hydroxylation is 1. The van der Waals surface area contributed by atoms with E-state index < -0.39 is 47.9 Å². The quantitative estimate of drug-likeness (QED) is 0.385. The minimum atomic E-state index is -5.00. The highest BCUT2D eigenvalue weighted by atomic mass is 35.5. The number of piperidine rings is 1. The zero-order valence-corrected chi connectivity index (χ0v) is 24.0. The molecule has 0 unspecified atom stereocenters. The summed E-state index contributed by atoms with van der Waals surface area (Å²) in [5.74, 6) is -0.480. The lowest BCUT2D eigenvalue weighted by Gasteiger charge is -2.46.